The van der Waals surface area contributed by atoms with Crippen molar-refractivity contribution in [2.24, 2.45) is 5.92 Å². The van der Waals surface area contributed by atoms with Crippen LogP contribution in [-0.4, -0.2) is 33.3 Å². The van der Waals surface area contributed by atoms with Crippen molar-refractivity contribution < 1.29 is 4.39 Å². The number of allylic oxidation sites excluding steroid dienone is 6. The molecule has 0 amide bonds. The van der Waals surface area contributed by atoms with E-state index in [4.69, 9.17) is 0 Å². The van der Waals surface area contributed by atoms with E-state index in [0.717, 1.165) is 96.8 Å². The predicted octanol–water partition coefficient (Wildman–Crippen LogP) is 6.47. The second kappa shape index (κ2) is 13.1. The number of nitrogens with zero attached hydrogens (tertiary/aromatic N) is 2. The van der Waals surface area contributed by atoms with Crippen molar-refractivity contribution in [1.29, 1.82) is 0 Å². The molecule has 0 aliphatic carbocycles. The Kier molecular flexibility index (Phi) is 9.15. The Balaban J connectivity index is 1.45. The van der Waals surface area contributed by atoms with Crippen molar-refractivity contribution in [2.75, 3.05) is 13.1 Å². The van der Waals surface area contributed by atoms with Gasteiger partial charge in [0.05, 0.1) is 21.6 Å². The summed E-state index contributed by atoms with van der Waals surface area (Å²) in [5.41, 5.74) is 6.92. The number of H-pyrrole nitrogens is 2. The molecule has 1 saturated heterocycles. The summed E-state index contributed by atoms with van der Waals surface area (Å²) in [6, 6.07) is 7.17. The topological polar surface area (TPSA) is 81.4 Å². The fraction of sp³-hybridized carbons (Fsp3) is 0.235. The van der Waals surface area contributed by atoms with E-state index < -0.39 is 0 Å². The maximum atomic E-state index is 13.8. The van der Waals surface area contributed by atoms with Gasteiger partial charge >= 0.3 is 0 Å². The molecule has 5 rings (SSSR count). The molecular formula is C34H37FN6S. The minimum atomic E-state index is -0.236. The molecule has 216 valence electrons. The van der Waals surface area contributed by atoms with Gasteiger partial charge in [0.15, 0.2) is 5.13 Å². The minimum Gasteiger partial charge on any atom is -0.359 e. The molecule has 4 aromatic rings. The SMILES string of the molecule is C=C/C(=C\C(=C/C)C(=C)/C=c1/c(-c2cc3c(-c4ccc(F)s4)nccc3[nH]2)n[nH]/c1=C/C)NC(=C)CC1CCNCC1. The molecule has 4 aromatic heterocycles. The number of halogens is 1. The van der Waals surface area contributed by atoms with Crippen LogP contribution < -0.4 is 21.2 Å². The summed E-state index contributed by atoms with van der Waals surface area (Å²) in [6.07, 6.45) is 15.0. The summed E-state index contributed by atoms with van der Waals surface area (Å²) in [6.45, 7) is 18.8. The van der Waals surface area contributed by atoms with Crippen LogP contribution in [0.15, 0.2) is 91.0 Å². The van der Waals surface area contributed by atoms with Crippen molar-refractivity contribution in [3.05, 3.63) is 107 Å². The largest absolute Gasteiger partial charge is 0.359 e. The van der Waals surface area contributed by atoms with Crippen molar-refractivity contribution in [3.63, 3.8) is 0 Å². The van der Waals surface area contributed by atoms with Crippen LogP contribution in [0.1, 0.15) is 33.1 Å². The molecule has 4 N–H and O–H groups in total. The number of hydrogen-bond acceptors (Lipinski definition) is 5. The van der Waals surface area contributed by atoms with Gasteiger partial charge in [0, 0.05) is 33.7 Å². The van der Waals surface area contributed by atoms with Crippen LogP contribution in [0.3, 0.4) is 0 Å². The first-order chi connectivity index (χ1) is 20.4. The second-order valence-corrected chi connectivity index (χ2v) is 11.5. The third kappa shape index (κ3) is 6.45. The van der Waals surface area contributed by atoms with Crippen molar-refractivity contribution in [2.45, 2.75) is 33.1 Å². The molecule has 6 nitrogen and oxygen atoms in total. The van der Waals surface area contributed by atoms with E-state index in [1.54, 1.807) is 12.3 Å². The van der Waals surface area contributed by atoms with E-state index in [0.29, 0.717) is 5.92 Å². The zero-order chi connectivity index (χ0) is 29.6. The summed E-state index contributed by atoms with van der Waals surface area (Å²) in [4.78, 5) is 8.80. The van der Waals surface area contributed by atoms with Gasteiger partial charge in [-0.05, 0) is 106 Å². The number of aromatic nitrogens is 4. The molecule has 0 bridgehead atoms. The van der Waals surface area contributed by atoms with Crippen LogP contribution in [0.5, 0.6) is 0 Å². The van der Waals surface area contributed by atoms with Gasteiger partial charge < -0.3 is 15.6 Å². The Hall–Kier alpha value is -4.27. The summed E-state index contributed by atoms with van der Waals surface area (Å²) in [7, 11) is 0. The smallest absolute Gasteiger partial charge is 0.177 e. The van der Waals surface area contributed by atoms with Gasteiger partial charge in [0.2, 0.25) is 0 Å². The van der Waals surface area contributed by atoms with E-state index >= 15 is 0 Å². The first-order valence-electron chi connectivity index (χ1n) is 14.2. The number of hydrogen-bond donors (Lipinski definition) is 4. The molecule has 0 unspecified atom stereocenters. The lowest BCUT2D eigenvalue weighted by molar-refractivity contribution is 0.368. The van der Waals surface area contributed by atoms with E-state index in [1.807, 2.05) is 50.3 Å². The summed E-state index contributed by atoms with van der Waals surface area (Å²) in [5, 5.41) is 17.2. The van der Waals surface area contributed by atoms with Crippen molar-refractivity contribution in [3.8, 4) is 22.0 Å². The fourth-order valence-corrected chi connectivity index (χ4v) is 6.12. The molecule has 0 radical (unpaired) electrons. The summed E-state index contributed by atoms with van der Waals surface area (Å²) in [5.74, 6) is 0.646. The lowest BCUT2D eigenvalue weighted by atomic mass is 9.93. The second-order valence-electron chi connectivity index (χ2n) is 10.4. The molecule has 8 heteroatoms. The third-order valence-corrected chi connectivity index (χ3v) is 8.46. The average molecular weight is 581 g/mol. The lowest BCUT2D eigenvalue weighted by Crippen LogP contribution is -2.28. The highest BCUT2D eigenvalue weighted by Crippen LogP contribution is 2.33. The number of aromatic amines is 2. The number of thiophene rings is 1. The number of rotatable bonds is 10. The van der Waals surface area contributed by atoms with Gasteiger partial charge in [-0.25, -0.2) is 0 Å². The fourth-order valence-electron chi connectivity index (χ4n) is 5.38. The molecular weight excluding hydrogens is 543 g/mol. The van der Waals surface area contributed by atoms with Gasteiger partial charge in [-0.3, -0.25) is 10.1 Å². The average Bonchev–Trinajstić information content (AvgIpc) is 3.73. The van der Waals surface area contributed by atoms with Crippen LogP contribution in [0.25, 0.3) is 45.0 Å². The molecule has 0 aromatic carbocycles. The molecule has 1 fully saturated rings. The Bertz CT molecular complexity index is 1810. The normalized spacial score (nSPS) is 15.9. The van der Waals surface area contributed by atoms with Gasteiger partial charge in [-0.15, -0.1) is 11.3 Å². The van der Waals surface area contributed by atoms with E-state index in [1.165, 1.54) is 18.9 Å². The first-order valence-corrected chi connectivity index (χ1v) is 15.0. The predicted molar refractivity (Wildman–Crippen MR) is 174 cm³/mol. The minimum absolute atomic E-state index is 0.236. The zero-order valence-electron chi connectivity index (χ0n) is 24.2. The summed E-state index contributed by atoms with van der Waals surface area (Å²) < 4.78 is 13.8. The molecule has 0 spiro atoms. The Labute approximate surface area is 249 Å². The molecule has 5 heterocycles. The number of pyridine rings is 1. The highest BCUT2D eigenvalue weighted by molar-refractivity contribution is 7.13. The van der Waals surface area contributed by atoms with Crippen LogP contribution in [0, 0.1) is 11.0 Å². The first kappa shape index (κ1) is 29.2. The number of fused-ring (bicyclic) bond motifs is 1. The molecule has 0 saturated carbocycles. The molecule has 1 aliphatic heterocycles. The maximum absolute atomic E-state index is 13.8. The third-order valence-electron chi connectivity index (χ3n) is 7.58. The molecule has 42 heavy (non-hydrogen) atoms. The van der Waals surface area contributed by atoms with Crippen LogP contribution >= 0.6 is 11.3 Å². The van der Waals surface area contributed by atoms with E-state index in [-0.39, 0.29) is 5.13 Å². The van der Waals surface area contributed by atoms with Gasteiger partial charge in [0.25, 0.3) is 0 Å². The lowest BCUT2D eigenvalue weighted by Gasteiger charge is -2.24. The highest BCUT2D eigenvalue weighted by Gasteiger charge is 2.16. The standard InChI is InChI=1S/C34H37FN6S/c1-6-24(19-25(7-2)38-22(5)18-23-11-14-36-15-12-23)21(4)17-26-28(8-3)40-41-33(26)30-20-27-29(39-30)13-16-37-34(27)31-9-10-32(35)42-31/h6-10,13,16-17,19-20,23,36,38-40H,2,4-5,11-12,14-15,18H2,1,3H3/b24-6+,25-19+,26-17+,28-8+. The Morgan fingerprint density at radius 1 is 1.17 bits per heavy atom. The van der Waals surface area contributed by atoms with Crippen LogP contribution in [0.2, 0.25) is 0 Å². The quantitative estimate of drug-likeness (QED) is 0.162. The Morgan fingerprint density at radius 3 is 2.67 bits per heavy atom. The zero-order valence-corrected chi connectivity index (χ0v) is 25.0. The van der Waals surface area contributed by atoms with Crippen molar-refractivity contribution in [1.82, 2.24) is 30.8 Å². The molecule has 0 atom stereocenters. The monoisotopic (exact) mass is 580 g/mol. The van der Waals surface area contributed by atoms with Gasteiger partial charge in [0.1, 0.15) is 5.69 Å². The van der Waals surface area contributed by atoms with E-state index in [2.05, 4.69) is 56.6 Å². The van der Waals surface area contributed by atoms with Crippen LogP contribution in [-0.2, 0) is 0 Å². The van der Waals surface area contributed by atoms with Gasteiger partial charge in [-0.1, -0.05) is 31.9 Å². The maximum Gasteiger partial charge on any atom is 0.177 e. The number of piperidine rings is 1. The van der Waals surface area contributed by atoms with Crippen molar-refractivity contribution >= 4 is 34.4 Å². The number of nitrogens with one attached hydrogen (secondary N) is 4. The highest BCUT2D eigenvalue weighted by atomic mass is 32.1. The Morgan fingerprint density at radius 2 is 1.98 bits per heavy atom. The van der Waals surface area contributed by atoms with Crippen LogP contribution in [0.4, 0.5) is 4.39 Å². The van der Waals surface area contributed by atoms with Gasteiger partial charge in [-0.2, -0.15) is 9.49 Å². The van der Waals surface area contributed by atoms with E-state index in [9.17, 15) is 4.39 Å². The molecule has 1 aliphatic rings. The summed E-state index contributed by atoms with van der Waals surface area (Å²) >= 11 is 1.08.